The molecule has 0 radical (unpaired) electrons. The maximum Gasteiger partial charge on any atom is 0.349 e. The number of nitrogens with zero attached hydrogens (tertiary/aromatic N) is 2. The first kappa shape index (κ1) is 18.7. The summed E-state index contributed by atoms with van der Waals surface area (Å²) in [5.41, 5.74) is 2.09. The lowest BCUT2D eigenvalue weighted by Gasteiger charge is -2.25. The van der Waals surface area contributed by atoms with Crippen LogP contribution in [-0.4, -0.2) is 22.3 Å². The van der Waals surface area contributed by atoms with Gasteiger partial charge in [-0.1, -0.05) is 48.5 Å². The standard InChI is InChI=1S/C23H19N3O3S/c27-21(17-12-16-8-4-5-9-19(16)29-22(17)28)25-23-24-18-10-11-26(14-20(18)30-23)13-15-6-2-1-3-7-15/h1-9,12H,10-11,13-14H2,(H,24,25,27). The molecule has 3 heterocycles. The van der Waals surface area contributed by atoms with Crippen LogP contribution < -0.4 is 10.9 Å². The molecule has 0 atom stereocenters. The summed E-state index contributed by atoms with van der Waals surface area (Å²) in [5, 5.41) is 3.99. The highest BCUT2D eigenvalue weighted by Gasteiger charge is 2.22. The van der Waals surface area contributed by atoms with Crippen LogP contribution in [0.1, 0.15) is 26.5 Å². The third-order valence-corrected chi connectivity index (χ3v) is 6.16. The van der Waals surface area contributed by atoms with Gasteiger partial charge < -0.3 is 4.42 Å². The molecule has 0 saturated carbocycles. The van der Waals surface area contributed by atoms with Crippen LogP contribution in [0.2, 0.25) is 0 Å². The normalized spacial score (nSPS) is 13.9. The molecule has 0 bridgehead atoms. The topological polar surface area (TPSA) is 75.4 Å². The smallest absolute Gasteiger partial charge is 0.349 e. The number of para-hydroxylation sites is 1. The number of carbonyl (C=O) groups is 1. The molecular weight excluding hydrogens is 398 g/mol. The summed E-state index contributed by atoms with van der Waals surface area (Å²) in [6.45, 7) is 2.61. The molecule has 5 rings (SSSR count). The molecule has 2 aromatic heterocycles. The third-order valence-electron chi connectivity index (χ3n) is 5.17. The number of aromatic nitrogens is 1. The van der Waals surface area contributed by atoms with Crippen molar-refractivity contribution in [3.05, 3.63) is 92.8 Å². The van der Waals surface area contributed by atoms with Gasteiger partial charge >= 0.3 is 5.63 Å². The molecule has 4 aromatic rings. The van der Waals surface area contributed by atoms with Crippen LogP contribution in [-0.2, 0) is 19.5 Å². The van der Waals surface area contributed by atoms with Crippen LogP contribution >= 0.6 is 11.3 Å². The van der Waals surface area contributed by atoms with Crippen molar-refractivity contribution in [2.24, 2.45) is 0 Å². The number of benzene rings is 2. The van der Waals surface area contributed by atoms with E-state index in [0.29, 0.717) is 16.1 Å². The van der Waals surface area contributed by atoms with E-state index >= 15 is 0 Å². The molecular formula is C23H19N3O3S. The van der Waals surface area contributed by atoms with E-state index in [9.17, 15) is 9.59 Å². The van der Waals surface area contributed by atoms with Gasteiger partial charge in [-0.2, -0.15) is 0 Å². The first-order valence-corrected chi connectivity index (χ1v) is 10.6. The quantitative estimate of drug-likeness (QED) is 0.507. The van der Waals surface area contributed by atoms with E-state index in [0.717, 1.165) is 36.6 Å². The van der Waals surface area contributed by atoms with Gasteiger partial charge in [-0.25, -0.2) is 9.78 Å². The van der Waals surface area contributed by atoms with E-state index in [2.05, 4.69) is 27.3 Å². The Kier molecular flexibility index (Phi) is 4.90. The second-order valence-electron chi connectivity index (χ2n) is 7.27. The number of hydrogen-bond acceptors (Lipinski definition) is 6. The number of thiazole rings is 1. The van der Waals surface area contributed by atoms with Crippen LogP contribution in [0.5, 0.6) is 0 Å². The van der Waals surface area contributed by atoms with Gasteiger partial charge in [0.05, 0.1) is 5.69 Å². The van der Waals surface area contributed by atoms with Gasteiger partial charge in [-0.05, 0) is 17.7 Å². The number of fused-ring (bicyclic) bond motifs is 2. The molecule has 0 aliphatic carbocycles. The summed E-state index contributed by atoms with van der Waals surface area (Å²) in [4.78, 5) is 33.0. The second-order valence-corrected chi connectivity index (χ2v) is 8.36. The van der Waals surface area contributed by atoms with E-state index < -0.39 is 11.5 Å². The van der Waals surface area contributed by atoms with Crippen LogP contribution in [0.15, 0.2) is 69.9 Å². The lowest BCUT2D eigenvalue weighted by atomic mass is 10.1. The maximum atomic E-state index is 12.7. The molecule has 150 valence electrons. The van der Waals surface area contributed by atoms with Gasteiger partial charge in [0, 0.05) is 36.3 Å². The summed E-state index contributed by atoms with van der Waals surface area (Å²) < 4.78 is 5.26. The lowest BCUT2D eigenvalue weighted by molar-refractivity contribution is 0.102. The highest BCUT2D eigenvalue weighted by molar-refractivity contribution is 7.15. The van der Waals surface area contributed by atoms with Crippen molar-refractivity contribution in [3.8, 4) is 0 Å². The Bertz CT molecular complexity index is 1280. The molecule has 1 aliphatic rings. The van der Waals surface area contributed by atoms with Crippen LogP contribution in [0.25, 0.3) is 11.0 Å². The number of carbonyl (C=O) groups excluding carboxylic acids is 1. The Morgan fingerprint density at radius 3 is 2.80 bits per heavy atom. The highest BCUT2D eigenvalue weighted by atomic mass is 32.1. The van der Waals surface area contributed by atoms with Gasteiger partial charge in [0.25, 0.3) is 5.91 Å². The lowest BCUT2D eigenvalue weighted by Crippen LogP contribution is -2.29. The van der Waals surface area contributed by atoms with Gasteiger partial charge in [-0.15, -0.1) is 11.3 Å². The minimum absolute atomic E-state index is 0.0208. The molecule has 30 heavy (non-hydrogen) atoms. The zero-order chi connectivity index (χ0) is 20.5. The first-order chi connectivity index (χ1) is 14.7. The Morgan fingerprint density at radius 1 is 1.13 bits per heavy atom. The number of hydrogen-bond donors (Lipinski definition) is 1. The molecule has 6 nitrogen and oxygen atoms in total. The van der Waals surface area contributed by atoms with E-state index in [1.54, 1.807) is 24.3 Å². The summed E-state index contributed by atoms with van der Waals surface area (Å²) in [5.74, 6) is -0.498. The van der Waals surface area contributed by atoms with Gasteiger partial charge in [0.2, 0.25) is 0 Å². The minimum Gasteiger partial charge on any atom is -0.422 e. The number of amides is 1. The number of rotatable bonds is 4. The highest BCUT2D eigenvalue weighted by Crippen LogP contribution is 2.29. The van der Waals surface area contributed by atoms with Crippen LogP contribution in [0.3, 0.4) is 0 Å². The van der Waals surface area contributed by atoms with Crippen molar-refractivity contribution in [1.29, 1.82) is 0 Å². The monoisotopic (exact) mass is 417 g/mol. The van der Waals surface area contributed by atoms with E-state index in [4.69, 9.17) is 4.42 Å². The average molecular weight is 417 g/mol. The zero-order valence-corrected chi connectivity index (χ0v) is 16.9. The Balaban J connectivity index is 1.32. The predicted molar refractivity (Wildman–Crippen MR) is 117 cm³/mol. The van der Waals surface area contributed by atoms with E-state index in [1.807, 2.05) is 24.3 Å². The van der Waals surface area contributed by atoms with Gasteiger partial charge in [-0.3, -0.25) is 15.0 Å². The minimum atomic E-state index is -0.651. The molecule has 1 amide bonds. The Morgan fingerprint density at radius 2 is 1.93 bits per heavy atom. The molecule has 1 N–H and O–H groups in total. The van der Waals surface area contributed by atoms with Crippen molar-refractivity contribution >= 4 is 33.3 Å². The Hall–Kier alpha value is -3.29. The van der Waals surface area contributed by atoms with Gasteiger partial charge in [0.15, 0.2) is 5.13 Å². The van der Waals surface area contributed by atoms with Crippen molar-refractivity contribution in [2.45, 2.75) is 19.5 Å². The van der Waals surface area contributed by atoms with Crippen molar-refractivity contribution in [1.82, 2.24) is 9.88 Å². The van der Waals surface area contributed by atoms with Crippen LogP contribution in [0, 0.1) is 0 Å². The van der Waals surface area contributed by atoms with Crippen molar-refractivity contribution in [3.63, 3.8) is 0 Å². The number of anilines is 1. The SMILES string of the molecule is O=C(Nc1nc2c(s1)CN(Cc1ccccc1)CC2)c1cc2ccccc2oc1=O. The zero-order valence-electron chi connectivity index (χ0n) is 16.1. The summed E-state index contributed by atoms with van der Waals surface area (Å²) in [7, 11) is 0. The van der Waals surface area contributed by atoms with E-state index in [1.165, 1.54) is 16.9 Å². The molecule has 0 fully saturated rings. The predicted octanol–water partition coefficient (Wildman–Crippen LogP) is 4.06. The molecule has 0 spiro atoms. The molecule has 2 aromatic carbocycles. The van der Waals surface area contributed by atoms with Crippen molar-refractivity contribution < 1.29 is 9.21 Å². The molecule has 7 heteroatoms. The maximum absolute atomic E-state index is 12.7. The molecule has 0 saturated heterocycles. The average Bonchev–Trinajstić information content (AvgIpc) is 3.15. The fourth-order valence-corrected chi connectivity index (χ4v) is 4.71. The van der Waals surface area contributed by atoms with E-state index in [-0.39, 0.29) is 5.56 Å². The third kappa shape index (κ3) is 3.77. The summed E-state index contributed by atoms with van der Waals surface area (Å²) in [6, 6.07) is 19.1. The fraction of sp³-hybridized carbons (Fsp3) is 0.174. The first-order valence-electron chi connectivity index (χ1n) is 9.75. The van der Waals surface area contributed by atoms with Crippen molar-refractivity contribution in [2.75, 3.05) is 11.9 Å². The largest absolute Gasteiger partial charge is 0.422 e. The van der Waals surface area contributed by atoms with Gasteiger partial charge in [0.1, 0.15) is 11.1 Å². The summed E-state index contributed by atoms with van der Waals surface area (Å²) >= 11 is 1.46. The number of nitrogens with one attached hydrogen (secondary N) is 1. The van der Waals surface area contributed by atoms with Crippen LogP contribution in [0.4, 0.5) is 5.13 Å². The second kappa shape index (κ2) is 7.85. The molecule has 0 unspecified atom stereocenters. The Labute approximate surface area is 176 Å². The summed E-state index contributed by atoms with van der Waals surface area (Å²) in [6.07, 6.45) is 0.840. The molecule has 1 aliphatic heterocycles. The fourth-order valence-electron chi connectivity index (χ4n) is 3.66.